The summed E-state index contributed by atoms with van der Waals surface area (Å²) in [5.74, 6) is 0. The summed E-state index contributed by atoms with van der Waals surface area (Å²) in [5.41, 5.74) is 1.27. The average molecular weight is 287 g/mol. The summed E-state index contributed by atoms with van der Waals surface area (Å²) in [6.45, 7) is 1.91. The van der Waals surface area contributed by atoms with Crippen LogP contribution in [0.5, 0.6) is 0 Å². The quantitative estimate of drug-likeness (QED) is 0.748. The Kier molecular flexibility index (Phi) is 2.95. The molecule has 3 rings (SSSR count). The molecular formula is C15H11ClN2O2. The molecule has 1 aromatic heterocycles. The molecule has 0 atom stereocenters. The number of nitrogens with zero attached hydrogens (tertiary/aromatic N) is 1. The number of hydrogen-bond donors (Lipinski definition) is 1. The number of hydrogen-bond acceptors (Lipinski definition) is 2. The molecule has 4 nitrogen and oxygen atoms in total. The molecule has 0 radical (unpaired) electrons. The highest BCUT2D eigenvalue weighted by Gasteiger charge is 2.11. The van der Waals surface area contributed by atoms with Gasteiger partial charge in [-0.3, -0.25) is 14.3 Å². The summed E-state index contributed by atoms with van der Waals surface area (Å²) in [5, 5.41) is 0.905. The van der Waals surface area contributed by atoms with Gasteiger partial charge < -0.3 is 0 Å². The van der Waals surface area contributed by atoms with E-state index in [4.69, 9.17) is 11.6 Å². The molecule has 0 saturated carbocycles. The second kappa shape index (κ2) is 4.65. The van der Waals surface area contributed by atoms with E-state index in [2.05, 4.69) is 4.98 Å². The Bertz CT molecular complexity index is 925. The van der Waals surface area contributed by atoms with Crippen molar-refractivity contribution in [2.45, 2.75) is 6.92 Å². The Morgan fingerprint density at radius 3 is 2.60 bits per heavy atom. The molecule has 0 amide bonds. The van der Waals surface area contributed by atoms with Crippen molar-refractivity contribution in [3.63, 3.8) is 0 Å². The normalized spacial score (nSPS) is 10.9. The SMILES string of the molecule is Cc1ccccc1-n1c(=O)[nH]c(=O)c2ccc(Cl)cc21. The predicted octanol–water partition coefficient (Wildman–Crippen LogP) is 2.64. The minimum atomic E-state index is -0.473. The molecule has 0 spiro atoms. The molecule has 0 aliphatic rings. The van der Waals surface area contributed by atoms with Crippen molar-refractivity contribution in [3.05, 3.63) is 73.9 Å². The van der Waals surface area contributed by atoms with Crippen LogP contribution in [-0.4, -0.2) is 9.55 Å². The topological polar surface area (TPSA) is 54.9 Å². The standard InChI is InChI=1S/C15H11ClN2O2/c1-9-4-2-3-5-12(9)18-13-8-10(16)6-7-11(13)14(19)17-15(18)20/h2-8H,1H3,(H,17,19,20). The monoisotopic (exact) mass is 286 g/mol. The van der Waals surface area contributed by atoms with E-state index in [1.165, 1.54) is 4.57 Å². The number of aromatic amines is 1. The van der Waals surface area contributed by atoms with E-state index >= 15 is 0 Å². The van der Waals surface area contributed by atoms with Crippen molar-refractivity contribution >= 4 is 22.5 Å². The molecule has 3 aromatic rings. The van der Waals surface area contributed by atoms with Crippen LogP contribution in [0, 0.1) is 6.92 Å². The van der Waals surface area contributed by atoms with Crippen LogP contribution in [0.3, 0.4) is 0 Å². The van der Waals surface area contributed by atoms with E-state index in [-0.39, 0.29) is 0 Å². The Hall–Kier alpha value is -2.33. The van der Waals surface area contributed by atoms with Gasteiger partial charge in [-0.25, -0.2) is 4.79 Å². The number of H-pyrrole nitrogens is 1. The smallest absolute Gasteiger partial charge is 0.273 e. The number of nitrogens with one attached hydrogen (secondary N) is 1. The number of para-hydroxylation sites is 1. The summed E-state index contributed by atoms with van der Waals surface area (Å²) in [6.07, 6.45) is 0. The van der Waals surface area contributed by atoms with Crippen molar-refractivity contribution in [2.75, 3.05) is 0 Å². The van der Waals surface area contributed by atoms with Gasteiger partial charge in [0.2, 0.25) is 0 Å². The fourth-order valence-corrected chi connectivity index (χ4v) is 2.43. The molecule has 0 aliphatic heterocycles. The molecule has 100 valence electrons. The fraction of sp³-hybridized carbons (Fsp3) is 0.0667. The van der Waals surface area contributed by atoms with Gasteiger partial charge in [-0.15, -0.1) is 0 Å². The maximum absolute atomic E-state index is 12.2. The zero-order valence-corrected chi connectivity index (χ0v) is 11.4. The van der Waals surface area contributed by atoms with Crippen molar-refractivity contribution in [1.82, 2.24) is 9.55 Å². The third-order valence-corrected chi connectivity index (χ3v) is 3.46. The lowest BCUT2D eigenvalue weighted by Crippen LogP contribution is -2.29. The highest BCUT2D eigenvalue weighted by Crippen LogP contribution is 2.20. The maximum atomic E-state index is 12.2. The number of fused-ring (bicyclic) bond motifs is 1. The first-order chi connectivity index (χ1) is 9.58. The summed E-state index contributed by atoms with van der Waals surface area (Å²) >= 11 is 5.99. The number of benzene rings is 2. The molecule has 0 aliphatic carbocycles. The first kappa shape index (κ1) is 12.7. The van der Waals surface area contributed by atoms with E-state index in [1.807, 2.05) is 31.2 Å². The zero-order valence-electron chi connectivity index (χ0n) is 10.7. The van der Waals surface area contributed by atoms with Gasteiger partial charge in [0, 0.05) is 5.02 Å². The zero-order chi connectivity index (χ0) is 14.3. The number of aryl methyl sites for hydroxylation is 1. The lowest BCUT2D eigenvalue weighted by molar-refractivity contribution is 0.935. The minimum absolute atomic E-state index is 0.411. The highest BCUT2D eigenvalue weighted by molar-refractivity contribution is 6.31. The minimum Gasteiger partial charge on any atom is -0.273 e. The molecule has 20 heavy (non-hydrogen) atoms. The summed E-state index contributed by atoms with van der Waals surface area (Å²) in [4.78, 5) is 26.4. The third kappa shape index (κ3) is 1.94. The van der Waals surface area contributed by atoms with Crippen molar-refractivity contribution in [2.24, 2.45) is 0 Å². The van der Waals surface area contributed by atoms with Crippen molar-refractivity contribution < 1.29 is 0 Å². The molecule has 5 heteroatoms. The van der Waals surface area contributed by atoms with Crippen LogP contribution in [0.25, 0.3) is 16.6 Å². The number of halogens is 1. The molecular weight excluding hydrogens is 276 g/mol. The van der Waals surface area contributed by atoms with E-state index in [0.29, 0.717) is 15.9 Å². The highest BCUT2D eigenvalue weighted by atomic mass is 35.5. The molecule has 0 saturated heterocycles. The molecule has 1 N–H and O–H groups in total. The van der Waals surface area contributed by atoms with Crippen LogP contribution < -0.4 is 11.2 Å². The Morgan fingerprint density at radius 1 is 1.10 bits per heavy atom. The maximum Gasteiger partial charge on any atom is 0.333 e. The molecule has 1 heterocycles. The Balaban J connectivity index is 2.54. The van der Waals surface area contributed by atoms with E-state index in [9.17, 15) is 9.59 Å². The number of aromatic nitrogens is 2. The molecule has 2 aromatic carbocycles. The van der Waals surface area contributed by atoms with Gasteiger partial charge in [0.25, 0.3) is 5.56 Å². The van der Waals surface area contributed by atoms with Crippen LogP contribution in [-0.2, 0) is 0 Å². The van der Waals surface area contributed by atoms with Gasteiger partial charge in [0.05, 0.1) is 16.6 Å². The second-order valence-corrected chi connectivity index (χ2v) is 4.98. The Morgan fingerprint density at radius 2 is 1.85 bits per heavy atom. The number of rotatable bonds is 1. The van der Waals surface area contributed by atoms with Crippen molar-refractivity contribution in [1.29, 1.82) is 0 Å². The lowest BCUT2D eigenvalue weighted by atomic mass is 10.1. The lowest BCUT2D eigenvalue weighted by Gasteiger charge is -2.12. The van der Waals surface area contributed by atoms with Gasteiger partial charge in [-0.1, -0.05) is 29.8 Å². The molecule has 0 bridgehead atoms. The summed E-state index contributed by atoms with van der Waals surface area (Å²) in [6, 6.07) is 12.3. The van der Waals surface area contributed by atoms with E-state index in [1.54, 1.807) is 18.2 Å². The van der Waals surface area contributed by atoms with Crippen LogP contribution in [0.2, 0.25) is 5.02 Å². The molecule has 0 fully saturated rings. The van der Waals surface area contributed by atoms with Gasteiger partial charge in [0.1, 0.15) is 0 Å². The largest absolute Gasteiger partial charge is 0.333 e. The van der Waals surface area contributed by atoms with Gasteiger partial charge in [-0.2, -0.15) is 0 Å². The fourth-order valence-electron chi connectivity index (χ4n) is 2.27. The second-order valence-electron chi connectivity index (χ2n) is 4.54. The summed E-state index contributed by atoms with van der Waals surface area (Å²) < 4.78 is 1.47. The first-order valence-corrected chi connectivity index (χ1v) is 6.46. The van der Waals surface area contributed by atoms with Gasteiger partial charge >= 0.3 is 5.69 Å². The van der Waals surface area contributed by atoms with Crippen molar-refractivity contribution in [3.8, 4) is 5.69 Å². The van der Waals surface area contributed by atoms with E-state index in [0.717, 1.165) is 11.3 Å². The average Bonchev–Trinajstić information content (AvgIpc) is 2.40. The van der Waals surface area contributed by atoms with Crippen LogP contribution in [0.15, 0.2) is 52.1 Å². The van der Waals surface area contributed by atoms with Gasteiger partial charge in [0.15, 0.2) is 0 Å². The molecule has 0 unspecified atom stereocenters. The Labute approximate surface area is 119 Å². The predicted molar refractivity (Wildman–Crippen MR) is 79.9 cm³/mol. The van der Waals surface area contributed by atoms with Gasteiger partial charge in [-0.05, 0) is 36.8 Å². The first-order valence-electron chi connectivity index (χ1n) is 6.08. The van der Waals surface area contributed by atoms with Crippen LogP contribution in [0.1, 0.15) is 5.56 Å². The summed E-state index contributed by atoms with van der Waals surface area (Å²) in [7, 11) is 0. The van der Waals surface area contributed by atoms with Crippen LogP contribution >= 0.6 is 11.6 Å². The van der Waals surface area contributed by atoms with E-state index < -0.39 is 11.2 Å². The van der Waals surface area contributed by atoms with Crippen LogP contribution in [0.4, 0.5) is 0 Å². The third-order valence-electron chi connectivity index (χ3n) is 3.23.